The van der Waals surface area contributed by atoms with Crippen LogP contribution in [-0.2, 0) is 9.59 Å². The zero-order valence-electron chi connectivity index (χ0n) is 8.36. The summed E-state index contributed by atoms with van der Waals surface area (Å²) in [4.78, 5) is 21.3. The zero-order valence-corrected chi connectivity index (χ0v) is 8.36. The van der Waals surface area contributed by atoms with Crippen molar-refractivity contribution in [3.63, 3.8) is 0 Å². The molecule has 0 unspecified atom stereocenters. The average Bonchev–Trinajstić information content (AvgIpc) is 2.11. The first-order valence-electron chi connectivity index (χ1n) is 4.31. The van der Waals surface area contributed by atoms with Gasteiger partial charge in [-0.25, -0.2) is 4.79 Å². The maximum atomic E-state index is 10.6. The smallest absolute Gasteiger partial charge is 0.326 e. The number of carbonyl (C=O) groups is 2. The Hall–Kier alpha value is -1.76. The van der Waals surface area contributed by atoms with Gasteiger partial charge in [-0.15, -0.1) is 0 Å². The number of carboxylic acids is 1. The molecule has 0 aromatic carbocycles. The largest absolute Gasteiger partial charge is 0.511 e. The lowest BCUT2D eigenvalue weighted by Gasteiger charge is -2.12. The van der Waals surface area contributed by atoms with Crippen molar-refractivity contribution in [1.82, 2.24) is 10.7 Å². The molecular formula is C8H15N3O4. The molecule has 0 aliphatic carbocycles. The standard InChI is InChI=1S/C8H15N3O4/c1-5(12)11-7(8(14)15)3-2-6(13)4-10-9/h4,7,10,13H,2-3,9H2,1H3,(H,11,12)(H,14,15)/b6-4-/t7-/m0/s1. The van der Waals surface area contributed by atoms with E-state index in [0.29, 0.717) is 0 Å². The molecule has 0 aromatic rings. The summed E-state index contributed by atoms with van der Waals surface area (Å²) >= 11 is 0. The topological polar surface area (TPSA) is 125 Å². The molecule has 1 amide bonds. The quantitative estimate of drug-likeness (QED) is 0.226. The van der Waals surface area contributed by atoms with Crippen LogP contribution < -0.4 is 16.6 Å². The molecule has 0 bridgehead atoms. The lowest BCUT2D eigenvalue weighted by atomic mass is 10.1. The van der Waals surface area contributed by atoms with E-state index in [2.05, 4.69) is 10.7 Å². The summed E-state index contributed by atoms with van der Waals surface area (Å²) in [6.45, 7) is 1.23. The third kappa shape index (κ3) is 6.33. The number of allylic oxidation sites excluding steroid dienone is 1. The molecule has 0 saturated carbocycles. The van der Waals surface area contributed by atoms with E-state index in [1.807, 2.05) is 0 Å². The lowest BCUT2D eigenvalue weighted by Crippen LogP contribution is -2.39. The number of rotatable bonds is 6. The molecule has 0 spiro atoms. The molecule has 0 aliphatic heterocycles. The van der Waals surface area contributed by atoms with Gasteiger partial charge in [0.2, 0.25) is 5.91 Å². The van der Waals surface area contributed by atoms with E-state index in [1.54, 1.807) is 0 Å². The first-order chi connectivity index (χ1) is 6.97. The lowest BCUT2D eigenvalue weighted by molar-refractivity contribution is -0.141. The highest BCUT2D eigenvalue weighted by Gasteiger charge is 2.18. The second-order valence-electron chi connectivity index (χ2n) is 2.93. The van der Waals surface area contributed by atoms with Crippen LogP contribution in [0.1, 0.15) is 19.8 Å². The van der Waals surface area contributed by atoms with Gasteiger partial charge in [0.15, 0.2) is 0 Å². The third-order valence-corrected chi connectivity index (χ3v) is 1.61. The molecule has 0 heterocycles. The van der Waals surface area contributed by atoms with Crippen molar-refractivity contribution in [3.05, 3.63) is 12.0 Å². The van der Waals surface area contributed by atoms with Gasteiger partial charge in [0.25, 0.3) is 0 Å². The predicted octanol–water partition coefficient (Wildman–Crippen LogP) is -0.781. The van der Waals surface area contributed by atoms with Gasteiger partial charge in [0.05, 0.1) is 0 Å². The summed E-state index contributed by atoms with van der Waals surface area (Å²) in [5, 5.41) is 20.1. The number of hydrazine groups is 1. The number of hydrogen-bond acceptors (Lipinski definition) is 5. The van der Waals surface area contributed by atoms with Crippen molar-refractivity contribution in [2.45, 2.75) is 25.8 Å². The van der Waals surface area contributed by atoms with Crippen LogP contribution in [0.2, 0.25) is 0 Å². The molecule has 7 heteroatoms. The fraction of sp³-hybridized carbons (Fsp3) is 0.500. The number of nitrogens with two attached hydrogens (primary N) is 1. The van der Waals surface area contributed by atoms with Crippen molar-refractivity contribution in [2.24, 2.45) is 5.84 Å². The van der Waals surface area contributed by atoms with Crippen molar-refractivity contribution in [1.29, 1.82) is 0 Å². The van der Waals surface area contributed by atoms with E-state index >= 15 is 0 Å². The van der Waals surface area contributed by atoms with Gasteiger partial charge in [0.1, 0.15) is 11.8 Å². The molecule has 7 nitrogen and oxygen atoms in total. The highest BCUT2D eigenvalue weighted by Crippen LogP contribution is 2.04. The molecule has 0 fully saturated rings. The Kier molecular flexibility index (Phi) is 5.88. The molecule has 6 N–H and O–H groups in total. The van der Waals surface area contributed by atoms with Gasteiger partial charge in [0, 0.05) is 19.5 Å². The predicted molar refractivity (Wildman–Crippen MR) is 52.5 cm³/mol. The summed E-state index contributed by atoms with van der Waals surface area (Å²) < 4.78 is 0. The van der Waals surface area contributed by atoms with E-state index in [9.17, 15) is 9.59 Å². The minimum Gasteiger partial charge on any atom is -0.511 e. The van der Waals surface area contributed by atoms with Crippen LogP contribution in [0.4, 0.5) is 0 Å². The van der Waals surface area contributed by atoms with Crippen LogP contribution in [0.3, 0.4) is 0 Å². The number of carbonyl (C=O) groups excluding carboxylic acids is 1. The van der Waals surface area contributed by atoms with Gasteiger partial charge in [-0.3, -0.25) is 10.6 Å². The average molecular weight is 217 g/mol. The Labute approximate surface area is 86.9 Å². The summed E-state index contributed by atoms with van der Waals surface area (Å²) in [6, 6.07) is -1.00. The van der Waals surface area contributed by atoms with Crippen LogP contribution in [0.15, 0.2) is 12.0 Å². The summed E-state index contributed by atoms with van der Waals surface area (Å²) in [5.74, 6) is 3.26. The first-order valence-corrected chi connectivity index (χ1v) is 4.31. The van der Waals surface area contributed by atoms with Gasteiger partial charge < -0.3 is 21.0 Å². The number of carboxylic acid groups (broad SMARTS) is 1. The van der Waals surface area contributed by atoms with Gasteiger partial charge >= 0.3 is 5.97 Å². The first kappa shape index (κ1) is 13.2. The van der Waals surface area contributed by atoms with Gasteiger partial charge in [-0.05, 0) is 6.42 Å². The van der Waals surface area contributed by atoms with Crippen LogP contribution in [-0.4, -0.2) is 28.1 Å². The maximum Gasteiger partial charge on any atom is 0.326 e. The Bertz CT molecular complexity index is 265. The van der Waals surface area contributed by atoms with Crippen LogP contribution >= 0.6 is 0 Å². The van der Waals surface area contributed by atoms with Crippen molar-refractivity contribution in [2.75, 3.05) is 0 Å². The Balaban J connectivity index is 4.13. The number of hydrogen-bond donors (Lipinski definition) is 5. The molecule has 0 rings (SSSR count). The van der Waals surface area contributed by atoms with E-state index in [-0.39, 0.29) is 18.6 Å². The summed E-state index contributed by atoms with van der Waals surface area (Å²) in [5.41, 5.74) is 2.11. The van der Waals surface area contributed by atoms with Crippen LogP contribution in [0.5, 0.6) is 0 Å². The summed E-state index contributed by atoms with van der Waals surface area (Å²) in [7, 11) is 0. The van der Waals surface area contributed by atoms with E-state index in [4.69, 9.17) is 16.1 Å². The van der Waals surface area contributed by atoms with E-state index < -0.39 is 17.9 Å². The maximum absolute atomic E-state index is 10.6. The van der Waals surface area contributed by atoms with Crippen LogP contribution in [0, 0.1) is 0 Å². The fourth-order valence-electron chi connectivity index (χ4n) is 0.963. The SMILES string of the molecule is CC(=O)N[C@@H](CC/C(O)=C/NN)C(=O)O. The monoisotopic (exact) mass is 217 g/mol. The third-order valence-electron chi connectivity index (χ3n) is 1.61. The molecule has 15 heavy (non-hydrogen) atoms. The molecule has 0 aromatic heterocycles. The Morgan fingerprint density at radius 3 is 2.47 bits per heavy atom. The van der Waals surface area contributed by atoms with E-state index in [0.717, 1.165) is 6.20 Å². The number of aliphatic hydroxyl groups excluding tert-OH is 1. The number of amides is 1. The molecule has 0 radical (unpaired) electrons. The number of aliphatic carboxylic acids is 1. The minimum atomic E-state index is -1.14. The molecular weight excluding hydrogens is 202 g/mol. The zero-order chi connectivity index (χ0) is 11.8. The second kappa shape index (κ2) is 6.66. The normalized spacial score (nSPS) is 13.1. The van der Waals surface area contributed by atoms with E-state index in [1.165, 1.54) is 6.92 Å². The highest BCUT2D eigenvalue weighted by molar-refractivity contribution is 5.81. The van der Waals surface area contributed by atoms with Gasteiger partial charge in [-0.2, -0.15) is 0 Å². The minimum absolute atomic E-state index is 0.0749. The molecule has 86 valence electrons. The fourth-order valence-corrected chi connectivity index (χ4v) is 0.963. The Morgan fingerprint density at radius 1 is 1.47 bits per heavy atom. The molecule has 1 atom stereocenters. The van der Waals surface area contributed by atoms with Crippen LogP contribution in [0.25, 0.3) is 0 Å². The second-order valence-corrected chi connectivity index (χ2v) is 2.93. The Morgan fingerprint density at radius 2 is 2.07 bits per heavy atom. The van der Waals surface area contributed by atoms with Crippen molar-refractivity contribution < 1.29 is 19.8 Å². The number of aliphatic hydroxyl groups is 1. The molecule has 0 saturated heterocycles. The summed E-state index contributed by atoms with van der Waals surface area (Å²) in [6.07, 6.45) is 1.35. The van der Waals surface area contributed by atoms with Gasteiger partial charge in [-0.1, -0.05) is 0 Å². The van der Waals surface area contributed by atoms with Crippen molar-refractivity contribution in [3.8, 4) is 0 Å². The van der Waals surface area contributed by atoms with Crippen molar-refractivity contribution >= 4 is 11.9 Å². The number of nitrogens with one attached hydrogen (secondary N) is 2. The highest BCUT2D eigenvalue weighted by atomic mass is 16.4. The molecule has 0 aliphatic rings.